The van der Waals surface area contributed by atoms with E-state index in [2.05, 4.69) is 12.2 Å². The highest BCUT2D eigenvalue weighted by atomic mass is 16.5. The van der Waals surface area contributed by atoms with Gasteiger partial charge in [0.05, 0.1) is 20.3 Å². The van der Waals surface area contributed by atoms with Gasteiger partial charge in [-0.3, -0.25) is 4.79 Å². The van der Waals surface area contributed by atoms with Crippen LogP contribution in [-0.2, 0) is 0 Å². The standard InChI is InChI=1S/C19H23NO3/c1-4-8-16(14-9-6-5-7-10-14)20-19(21)15-11-12-17(22-2)18(13-15)23-3/h5-7,9-13,16H,4,8H2,1-3H3,(H,20,21)/t16-/m1/s1. The predicted molar refractivity (Wildman–Crippen MR) is 91.1 cm³/mol. The first kappa shape index (κ1) is 16.9. The molecule has 0 aliphatic carbocycles. The van der Waals surface area contributed by atoms with Gasteiger partial charge in [-0.05, 0) is 30.2 Å². The van der Waals surface area contributed by atoms with Crippen LogP contribution in [-0.4, -0.2) is 20.1 Å². The lowest BCUT2D eigenvalue weighted by Gasteiger charge is -2.19. The third-order valence-corrected chi connectivity index (χ3v) is 3.73. The number of benzene rings is 2. The van der Waals surface area contributed by atoms with Crippen LogP contribution >= 0.6 is 0 Å². The Morgan fingerprint density at radius 2 is 1.74 bits per heavy atom. The van der Waals surface area contributed by atoms with E-state index in [9.17, 15) is 4.79 Å². The van der Waals surface area contributed by atoms with Crippen molar-refractivity contribution in [3.05, 3.63) is 59.7 Å². The number of methoxy groups -OCH3 is 2. The molecule has 23 heavy (non-hydrogen) atoms. The third kappa shape index (κ3) is 4.25. The van der Waals surface area contributed by atoms with Gasteiger partial charge in [0.25, 0.3) is 5.91 Å². The largest absolute Gasteiger partial charge is 0.493 e. The fourth-order valence-corrected chi connectivity index (χ4v) is 2.52. The first-order valence-corrected chi connectivity index (χ1v) is 7.77. The van der Waals surface area contributed by atoms with Crippen LogP contribution in [0.25, 0.3) is 0 Å². The summed E-state index contributed by atoms with van der Waals surface area (Å²) in [6, 6.07) is 15.2. The van der Waals surface area contributed by atoms with Crippen molar-refractivity contribution in [1.29, 1.82) is 0 Å². The van der Waals surface area contributed by atoms with Crippen LogP contribution in [0.15, 0.2) is 48.5 Å². The van der Waals surface area contributed by atoms with Crippen molar-refractivity contribution in [2.24, 2.45) is 0 Å². The molecule has 0 heterocycles. The van der Waals surface area contributed by atoms with Gasteiger partial charge in [-0.2, -0.15) is 0 Å². The molecule has 1 N–H and O–H groups in total. The normalized spacial score (nSPS) is 11.6. The number of nitrogens with one attached hydrogen (secondary N) is 1. The number of carbonyl (C=O) groups excluding carboxylic acids is 1. The highest BCUT2D eigenvalue weighted by Crippen LogP contribution is 2.28. The molecule has 4 nitrogen and oxygen atoms in total. The van der Waals surface area contributed by atoms with Crippen LogP contribution in [0, 0.1) is 0 Å². The second-order valence-corrected chi connectivity index (χ2v) is 5.30. The Kier molecular flexibility index (Phi) is 6.03. The lowest BCUT2D eigenvalue weighted by atomic mass is 10.0. The second-order valence-electron chi connectivity index (χ2n) is 5.30. The molecule has 1 atom stereocenters. The summed E-state index contributed by atoms with van der Waals surface area (Å²) in [6.45, 7) is 2.11. The molecule has 0 fully saturated rings. The van der Waals surface area contributed by atoms with Gasteiger partial charge >= 0.3 is 0 Å². The molecular formula is C19H23NO3. The van der Waals surface area contributed by atoms with Gasteiger partial charge in [0, 0.05) is 5.56 Å². The van der Waals surface area contributed by atoms with Gasteiger partial charge in [0.2, 0.25) is 0 Å². The molecule has 0 saturated heterocycles. The molecule has 4 heteroatoms. The number of amides is 1. The predicted octanol–water partition coefficient (Wildman–Crippen LogP) is 3.98. The van der Waals surface area contributed by atoms with E-state index in [0.717, 1.165) is 18.4 Å². The molecule has 0 aliphatic heterocycles. The molecule has 0 radical (unpaired) electrons. The Bertz CT molecular complexity index is 640. The number of carbonyl (C=O) groups is 1. The zero-order valence-electron chi connectivity index (χ0n) is 13.8. The van der Waals surface area contributed by atoms with Crippen LogP contribution in [0.5, 0.6) is 11.5 Å². The maximum atomic E-state index is 12.6. The smallest absolute Gasteiger partial charge is 0.251 e. The molecular weight excluding hydrogens is 290 g/mol. The van der Waals surface area contributed by atoms with Crippen LogP contribution in [0.4, 0.5) is 0 Å². The molecule has 0 aliphatic rings. The van der Waals surface area contributed by atoms with Crippen LogP contribution in [0.3, 0.4) is 0 Å². The van der Waals surface area contributed by atoms with Crippen molar-refractivity contribution >= 4 is 5.91 Å². The highest BCUT2D eigenvalue weighted by Gasteiger charge is 2.16. The quantitative estimate of drug-likeness (QED) is 0.841. The summed E-state index contributed by atoms with van der Waals surface area (Å²) in [7, 11) is 3.13. The van der Waals surface area contributed by atoms with Gasteiger partial charge in [-0.15, -0.1) is 0 Å². The van der Waals surface area contributed by atoms with E-state index < -0.39 is 0 Å². The van der Waals surface area contributed by atoms with Crippen molar-refractivity contribution in [2.45, 2.75) is 25.8 Å². The summed E-state index contributed by atoms with van der Waals surface area (Å²) >= 11 is 0. The fraction of sp³-hybridized carbons (Fsp3) is 0.316. The van der Waals surface area contributed by atoms with Gasteiger partial charge in [-0.25, -0.2) is 0 Å². The lowest BCUT2D eigenvalue weighted by Crippen LogP contribution is -2.28. The maximum Gasteiger partial charge on any atom is 0.251 e. The molecule has 2 rings (SSSR count). The molecule has 0 saturated carbocycles. The summed E-state index contributed by atoms with van der Waals surface area (Å²) in [5.74, 6) is 1.04. The van der Waals surface area contributed by atoms with E-state index in [-0.39, 0.29) is 11.9 Å². The number of rotatable bonds is 7. The van der Waals surface area contributed by atoms with Crippen molar-refractivity contribution in [2.75, 3.05) is 14.2 Å². The van der Waals surface area contributed by atoms with Gasteiger partial charge in [0.15, 0.2) is 11.5 Å². The molecule has 0 spiro atoms. The maximum absolute atomic E-state index is 12.6. The molecule has 122 valence electrons. The summed E-state index contributed by atoms with van der Waals surface area (Å²) in [6.07, 6.45) is 1.88. The topological polar surface area (TPSA) is 47.6 Å². The highest BCUT2D eigenvalue weighted by molar-refractivity contribution is 5.95. The molecule has 0 bridgehead atoms. The number of hydrogen-bond donors (Lipinski definition) is 1. The zero-order chi connectivity index (χ0) is 16.7. The molecule has 0 unspecified atom stereocenters. The molecule has 1 amide bonds. The summed E-state index contributed by atoms with van der Waals surface area (Å²) in [5.41, 5.74) is 1.67. The molecule has 2 aromatic rings. The SMILES string of the molecule is CCC[C@@H](NC(=O)c1ccc(OC)c(OC)c1)c1ccccc1. The number of hydrogen-bond acceptors (Lipinski definition) is 3. The van der Waals surface area contributed by atoms with Crippen LogP contribution in [0.1, 0.15) is 41.7 Å². The Labute approximate surface area is 137 Å². The van der Waals surface area contributed by atoms with Gasteiger partial charge < -0.3 is 14.8 Å². The molecule has 0 aromatic heterocycles. The summed E-state index contributed by atoms with van der Waals surface area (Å²) in [5, 5.41) is 3.10. The van der Waals surface area contributed by atoms with Gasteiger partial charge in [0.1, 0.15) is 0 Å². The Hall–Kier alpha value is -2.49. The van der Waals surface area contributed by atoms with E-state index in [1.54, 1.807) is 32.4 Å². The average molecular weight is 313 g/mol. The van der Waals surface area contributed by atoms with E-state index in [0.29, 0.717) is 17.1 Å². The Morgan fingerprint density at radius 1 is 1.04 bits per heavy atom. The van der Waals surface area contributed by atoms with E-state index in [1.807, 2.05) is 30.3 Å². The van der Waals surface area contributed by atoms with Crippen LogP contribution < -0.4 is 14.8 Å². The van der Waals surface area contributed by atoms with E-state index in [4.69, 9.17) is 9.47 Å². The van der Waals surface area contributed by atoms with E-state index >= 15 is 0 Å². The Balaban J connectivity index is 2.19. The first-order chi connectivity index (χ1) is 11.2. The summed E-state index contributed by atoms with van der Waals surface area (Å²) in [4.78, 5) is 12.6. The van der Waals surface area contributed by atoms with Crippen molar-refractivity contribution in [3.63, 3.8) is 0 Å². The van der Waals surface area contributed by atoms with Crippen LogP contribution in [0.2, 0.25) is 0 Å². The fourth-order valence-electron chi connectivity index (χ4n) is 2.52. The lowest BCUT2D eigenvalue weighted by molar-refractivity contribution is 0.0934. The minimum atomic E-state index is -0.117. The Morgan fingerprint density at radius 3 is 2.35 bits per heavy atom. The van der Waals surface area contributed by atoms with Crippen molar-refractivity contribution < 1.29 is 14.3 Å². The second kappa shape index (κ2) is 8.22. The third-order valence-electron chi connectivity index (χ3n) is 3.73. The van der Waals surface area contributed by atoms with Crippen molar-refractivity contribution in [3.8, 4) is 11.5 Å². The zero-order valence-corrected chi connectivity index (χ0v) is 13.8. The first-order valence-electron chi connectivity index (χ1n) is 7.77. The van der Waals surface area contributed by atoms with Crippen molar-refractivity contribution in [1.82, 2.24) is 5.32 Å². The van der Waals surface area contributed by atoms with Gasteiger partial charge in [-0.1, -0.05) is 43.7 Å². The minimum absolute atomic E-state index is 0.00166. The summed E-state index contributed by atoms with van der Waals surface area (Å²) < 4.78 is 10.5. The van der Waals surface area contributed by atoms with E-state index in [1.165, 1.54) is 0 Å². The average Bonchev–Trinajstić information content (AvgIpc) is 2.61. The minimum Gasteiger partial charge on any atom is -0.493 e. The number of ether oxygens (including phenoxy) is 2. The molecule has 2 aromatic carbocycles. The monoisotopic (exact) mass is 313 g/mol.